The molecule has 0 bridgehead atoms. The molecule has 1 aromatic carbocycles. The van der Waals surface area contributed by atoms with E-state index in [0.717, 1.165) is 15.8 Å². The van der Waals surface area contributed by atoms with Crippen molar-refractivity contribution in [3.8, 4) is 0 Å². The fourth-order valence-corrected chi connectivity index (χ4v) is 2.91. The number of thiophene rings is 1. The van der Waals surface area contributed by atoms with E-state index in [-0.39, 0.29) is 11.9 Å². The van der Waals surface area contributed by atoms with Crippen molar-refractivity contribution in [1.29, 1.82) is 0 Å². The van der Waals surface area contributed by atoms with E-state index in [1.807, 2.05) is 37.2 Å². The van der Waals surface area contributed by atoms with Crippen molar-refractivity contribution >= 4 is 39.0 Å². The van der Waals surface area contributed by atoms with Crippen LogP contribution < -0.4 is 5.32 Å². The van der Waals surface area contributed by atoms with Crippen LogP contribution in [0.2, 0.25) is 0 Å². The van der Waals surface area contributed by atoms with E-state index in [1.165, 1.54) is 11.3 Å². The Morgan fingerprint density at radius 1 is 1.27 bits per heavy atom. The Hall–Kier alpha value is -1.92. The predicted molar refractivity (Wildman–Crippen MR) is 89.6 cm³/mol. The molecule has 118 valence electrons. The van der Waals surface area contributed by atoms with Crippen LogP contribution in [-0.4, -0.2) is 44.0 Å². The average molecular weight is 320 g/mol. The second kappa shape index (κ2) is 7.38. The van der Waals surface area contributed by atoms with E-state index >= 15 is 0 Å². The number of nitrogens with zero attached hydrogens (tertiary/aromatic N) is 1. The molecule has 0 aliphatic rings. The van der Waals surface area contributed by atoms with Crippen LogP contribution in [0.4, 0.5) is 5.69 Å². The third-order valence-electron chi connectivity index (χ3n) is 3.06. The van der Waals surface area contributed by atoms with Crippen LogP contribution in [0, 0.1) is 0 Å². The number of carbonyl (C=O) groups excluding carboxylic acids is 2. The zero-order chi connectivity index (χ0) is 16.1. The zero-order valence-corrected chi connectivity index (χ0v) is 13.8. The van der Waals surface area contributed by atoms with Crippen LogP contribution in [0.15, 0.2) is 24.3 Å². The highest BCUT2D eigenvalue weighted by molar-refractivity contribution is 7.20. The van der Waals surface area contributed by atoms with E-state index in [2.05, 4.69) is 5.32 Å². The standard InChI is InChI=1S/C16H20N2O3S/c1-4-21-16(20)14-10-11-9-12(5-6-13(11)22-14)17-15(19)7-8-18(2)3/h5-6,9-10H,4,7-8H2,1-3H3,(H,17,19). The van der Waals surface area contributed by atoms with Gasteiger partial charge in [-0.25, -0.2) is 4.79 Å². The summed E-state index contributed by atoms with van der Waals surface area (Å²) >= 11 is 1.39. The predicted octanol–water partition coefficient (Wildman–Crippen LogP) is 2.97. The Morgan fingerprint density at radius 3 is 2.73 bits per heavy atom. The Balaban J connectivity index is 2.10. The van der Waals surface area contributed by atoms with Gasteiger partial charge in [0.25, 0.3) is 0 Å². The summed E-state index contributed by atoms with van der Waals surface area (Å²) in [5, 5.41) is 3.81. The maximum Gasteiger partial charge on any atom is 0.348 e. The van der Waals surface area contributed by atoms with Crippen molar-refractivity contribution in [2.24, 2.45) is 0 Å². The van der Waals surface area contributed by atoms with Gasteiger partial charge in [-0.05, 0) is 50.7 Å². The first-order valence-electron chi connectivity index (χ1n) is 7.15. The molecule has 1 N–H and O–H groups in total. The fourth-order valence-electron chi connectivity index (χ4n) is 1.97. The number of carbonyl (C=O) groups is 2. The summed E-state index contributed by atoms with van der Waals surface area (Å²) in [4.78, 5) is 26.1. The zero-order valence-electron chi connectivity index (χ0n) is 13.0. The number of rotatable bonds is 6. The molecule has 0 radical (unpaired) electrons. The van der Waals surface area contributed by atoms with Gasteiger partial charge in [0.2, 0.25) is 5.91 Å². The molecule has 1 heterocycles. The topological polar surface area (TPSA) is 58.6 Å². The van der Waals surface area contributed by atoms with Crippen molar-refractivity contribution in [1.82, 2.24) is 4.90 Å². The van der Waals surface area contributed by atoms with Gasteiger partial charge in [0, 0.05) is 23.4 Å². The van der Waals surface area contributed by atoms with Crippen molar-refractivity contribution in [3.63, 3.8) is 0 Å². The number of amides is 1. The first-order chi connectivity index (χ1) is 10.5. The van der Waals surface area contributed by atoms with E-state index < -0.39 is 0 Å². The smallest absolute Gasteiger partial charge is 0.348 e. The summed E-state index contributed by atoms with van der Waals surface area (Å²) < 4.78 is 6.00. The van der Waals surface area contributed by atoms with Gasteiger partial charge in [-0.2, -0.15) is 0 Å². The molecular weight excluding hydrogens is 300 g/mol. The Morgan fingerprint density at radius 2 is 2.05 bits per heavy atom. The summed E-state index contributed by atoms with van der Waals surface area (Å²) in [5.41, 5.74) is 0.740. The lowest BCUT2D eigenvalue weighted by molar-refractivity contribution is -0.116. The average Bonchev–Trinajstić information content (AvgIpc) is 2.88. The Bertz CT molecular complexity index is 679. The van der Waals surface area contributed by atoms with E-state index in [9.17, 15) is 9.59 Å². The van der Waals surface area contributed by atoms with Crippen LogP contribution in [0.3, 0.4) is 0 Å². The van der Waals surface area contributed by atoms with Crippen LogP contribution in [0.5, 0.6) is 0 Å². The second-order valence-corrected chi connectivity index (χ2v) is 6.27. The maximum absolute atomic E-state index is 11.8. The van der Waals surface area contributed by atoms with E-state index in [4.69, 9.17) is 4.74 Å². The molecule has 0 spiro atoms. The number of hydrogen-bond donors (Lipinski definition) is 1. The first kappa shape index (κ1) is 16.5. The van der Waals surface area contributed by atoms with Gasteiger partial charge in [-0.3, -0.25) is 4.79 Å². The monoisotopic (exact) mass is 320 g/mol. The summed E-state index contributed by atoms with van der Waals surface area (Å²) in [6.45, 7) is 2.85. The fraction of sp³-hybridized carbons (Fsp3) is 0.375. The van der Waals surface area contributed by atoms with Crippen molar-refractivity contribution in [3.05, 3.63) is 29.1 Å². The van der Waals surface area contributed by atoms with Crippen LogP contribution in [0.1, 0.15) is 23.0 Å². The second-order valence-electron chi connectivity index (χ2n) is 5.19. The van der Waals surface area contributed by atoms with Gasteiger partial charge in [0.05, 0.1) is 6.61 Å². The van der Waals surface area contributed by atoms with Crippen LogP contribution >= 0.6 is 11.3 Å². The van der Waals surface area contributed by atoms with Gasteiger partial charge in [0.15, 0.2) is 0 Å². The number of esters is 1. The Labute approximate surface area is 133 Å². The largest absolute Gasteiger partial charge is 0.462 e. The summed E-state index contributed by atoms with van der Waals surface area (Å²) in [6, 6.07) is 7.43. The number of nitrogens with one attached hydrogen (secondary N) is 1. The van der Waals surface area contributed by atoms with Crippen molar-refractivity contribution in [2.75, 3.05) is 32.6 Å². The molecule has 0 atom stereocenters. The van der Waals surface area contributed by atoms with Gasteiger partial charge < -0.3 is 15.0 Å². The van der Waals surface area contributed by atoms with E-state index in [0.29, 0.717) is 24.4 Å². The van der Waals surface area contributed by atoms with Crippen LogP contribution in [0.25, 0.3) is 10.1 Å². The SMILES string of the molecule is CCOC(=O)c1cc2cc(NC(=O)CCN(C)C)ccc2s1. The molecule has 6 heteroatoms. The van der Waals surface area contributed by atoms with Gasteiger partial charge in [0.1, 0.15) is 4.88 Å². The Kier molecular flexibility index (Phi) is 5.51. The molecule has 1 aromatic heterocycles. The first-order valence-corrected chi connectivity index (χ1v) is 7.96. The number of hydrogen-bond acceptors (Lipinski definition) is 5. The minimum atomic E-state index is -0.305. The van der Waals surface area contributed by atoms with E-state index in [1.54, 1.807) is 13.0 Å². The molecule has 0 saturated heterocycles. The third kappa shape index (κ3) is 4.29. The highest BCUT2D eigenvalue weighted by Gasteiger charge is 2.12. The van der Waals surface area contributed by atoms with Gasteiger partial charge >= 0.3 is 5.97 Å². The molecule has 0 unspecified atom stereocenters. The normalized spacial score (nSPS) is 10.9. The lowest BCUT2D eigenvalue weighted by Gasteiger charge is -2.09. The number of benzene rings is 1. The molecule has 0 saturated carbocycles. The molecule has 2 rings (SSSR count). The number of fused-ring (bicyclic) bond motifs is 1. The minimum Gasteiger partial charge on any atom is -0.462 e. The molecule has 22 heavy (non-hydrogen) atoms. The summed E-state index contributed by atoms with van der Waals surface area (Å²) in [5.74, 6) is -0.325. The van der Waals surface area contributed by atoms with Crippen LogP contribution in [-0.2, 0) is 9.53 Å². The molecule has 5 nitrogen and oxygen atoms in total. The molecular formula is C16H20N2O3S. The molecule has 0 aliphatic carbocycles. The lowest BCUT2D eigenvalue weighted by Crippen LogP contribution is -2.20. The highest BCUT2D eigenvalue weighted by atomic mass is 32.1. The van der Waals surface area contributed by atoms with Gasteiger partial charge in [-0.1, -0.05) is 0 Å². The molecule has 1 amide bonds. The molecule has 2 aromatic rings. The molecule has 0 fully saturated rings. The number of anilines is 1. The minimum absolute atomic E-state index is 0.0195. The molecule has 0 aliphatic heterocycles. The highest BCUT2D eigenvalue weighted by Crippen LogP contribution is 2.28. The van der Waals surface area contributed by atoms with Gasteiger partial charge in [-0.15, -0.1) is 11.3 Å². The van der Waals surface area contributed by atoms with Crippen molar-refractivity contribution < 1.29 is 14.3 Å². The summed E-state index contributed by atoms with van der Waals surface area (Å²) in [6.07, 6.45) is 0.447. The maximum atomic E-state index is 11.8. The lowest BCUT2D eigenvalue weighted by atomic mass is 10.2. The number of ether oxygens (including phenoxy) is 1. The third-order valence-corrected chi connectivity index (χ3v) is 4.16. The quantitative estimate of drug-likeness (QED) is 0.831. The van der Waals surface area contributed by atoms with Crippen molar-refractivity contribution in [2.45, 2.75) is 13.3 Å². The summed E-state index contributed by atoms with van der Waals surface area (Å²) in [7, 11) is 3.86.